The Kier molecular flexibility index (Phi) is 4.35. The lowest BCUT2D eigenvalue weighted by Gasteiger charge is -2.30. The van der Waals surface area contributed by atoms with Crippen LogP contribution in [0.5, 0.6) is 0 Å². The number of hydrogen-bond donors (Lipinski definition) is 2. The second-order valence-corrected chi connectivity index (χ2v) is 4.01. The summed E-state index contributed by atoms with van der Waals surface area (Å²) in [5, 5.41) is 9.39. The van der Waals surface area contributed by atoms with Crippen LogP contribution in [0.3, 0.4) is 0 Å². The molecular weight excluding hydrogens is 180 g/mol. The number of piperidine rings is 1. The molecule has 2 unspecified atom stereocenters. The Labute approximate surface area is 85.1 Å². The van der Waals surface area contributed by atoms with Crippen molar-refractivity contribution in [3.63, 3.8) is 0 Å². The van der Waals surface area contributed by atoms with Gasteiger partial charge < -0.3 is 15.7 Å². The highest BCUT2D eigenvalue weighted by Gasteiger charge is 2.22. The maximum absolute atomic E-state index is 11.6. The summed E-state index contributed by atoms with van der Waals surface area (Å²) in [6.45, 7) is 3.23. The average molecular weight is 200 g/mol. The lowest BCUT2D eigenvalue weighted by molar-refractivity contribution is -0.134. The van der Waals surface area contributed by atoms with Crippen LogP contribution in [0.4, 0.5) is 0 Å². The van der Waals surface area contributed by atoms with Gasteiger partial charge in [-0.3, -0.25) is 4.79 Å². The van der Waals surface area contributed by atoms with Crippen LogP contribution in [-0.4, -0.2) is 41.1 Å². The number of amides is 1. The standard InChI is InChI=1S/C10H20N2O2/c1-2-8(11)6-10(14)12-5-3-4-9(13)7-12/h8-9,13H,2-7,11H2,1H3. The fourth-order valence-corrected chi connectivity index (χ4v) is 1.68. The molecule has 4 heteroatoms. The molecule has 0 spiro atoms. The molecule has 4 nitrogen and oxygen atoms in total. The van der Waals surface area contributed by atoms with Crippen molar-refractivity contribution in [3.05, 3.63) is 0 Å². The first kappa shape index (κ1) is 11.5. The molecule has 1 heterocycles. The monoisotopic (exact) mass is 200 g/mol. The van der Waals surface area contributed by atoms with E-state index < -0.39 is 0 Å². The van der Waals surface area contributed by atoms with E-state index in [1.54, 1.807) is 4.90 Å². The first-order valence-electron chi connectivity index (χ1n) is 5.35. The van der Waals surface area contributed by atoms with Crippen molar-refractivity contribution >= 4 is 5.91 Å². The number of hydrogen-bond acceptors (Lipinski definition) is 3. The first-order chi connectivity index (χ1) is 6.63. The summed E-state index contributed by atoms with van der Waals surface area (Å²) >= 11 is 0. The second-order valence-electron chi connectivity index (χ2n) is 4.01. The van der Waals surface area contributed by atoms with Crippen LogP contribution in [0.25, 0.3) is 0 Å². The third kappa shape index (κ3) is 3.27. The van der Waals surface area contributed by atoms with Crippen LogP contribution >= 0.6 is 0 Å². The van der Waals surface area contributed by atoms with E-state index in [1.807, 2.05) is 6.92 Å². The highest BCUT2D eigenvalue weighted by Crippen LogP contribution is 2.11. The van der Waals surface area contributed by atoms with Gasteiger partial charge in [0.05, 0.1) is 6.10 Å². The highest BCUT2D eigenvalue weighted by molar-refractivity contribution is 5.76. The summed E-state index contributed by atoms with van der Waals surface area (Å²) < 4.78 is 0. The molecule has 1 aliphatic heterocycles. The largest absolute Gasteiger partial charge is 0.391 e. The molecule has 1 amide bonds. The molecule has 3 N–H and O–H groups in total. The number of aliphatic hydroxyl groups is 1. The van der Waals surface area contributed by atoms with Crippen LogP contribution in [-0.2, 0) is 4.79 Å². The third-order valence-electron chi connectivity index (χ3n) is 2.71. The van der Waals surface area contributed by atoms with Crippen molar-refractivity contribution in [1.29, 1.82) is 0 Å². The van der Waals surface area contributed by atoms with Crippen molar-refractivity contribution in [2.45, 2.75) is 44.8 Å². The Morgan fingerprint density at radius 1 is 1.71 bits per heavy atom. The van der Waals surface area contributed by atoms with E-state index in [0.717, 1.165) is 25.8 Å². The van der Waals surface area contributed by atoms with Crippen LogP contribution in [0.1, 0.15) is 32.6 Å². The minimum atomic E-state index is -0.342. The maximum Gasteiger partial charge on any atom is 0.224 e. The van der Waals surface area contributed by atoms with Gasteiger partial charge in [-0.2, -0.15) is 0 Å². The topological polar surface area (TPSA) is 66.6 Å². The van der Waals surface area contributed by atoms with Gasteiger partial charge in [-0.1, -0.05) is 6.92 Å². The minimum absolute atomic E-state index is 0.0402. The van der Waals surface area contributed by atoms with Crippen molar-refractivity contribution in [1.82, 2.24) is 4.90 Å². The van der Waals surface area contributed by atoms with Gasteiger partial charge in [0.1, 0.15) is 0 Å². The fraction of sp³-hybridized carbons (Fsp3) is 0.900. The molecule has 82 valence electrons. The van der Waals surface area contributed by atoms with Crippen LogP contribution in [0, 0.1) is 0 Å². The Bertz CT molecular complexity index is 197. The van der Waals surface area contributed by atoms with Crippen LogP contribution in [0.2, 0.25) is 0 Å². The number of rotatable bonds is 3. The number of aliphatic hydroxyl groups excluding tert-OH is 1. The maximum atomic E-state index is 11.6. The first-order valence-corrected chi connectivity index (χ1v) is 5.35. The number of β-amino-alcohol motifs (C(OH)–C–C–N with tert-alkyl or cyclic N) is 1. The molecule has 0 aromatic heterocycles. The van der Waals surface area contributed by atoms with Gasteiger partial charge in [-0.25, -0.2) is 0 Å². The predicted octanol–water partition coefficient (Wildman–Crippen LogP) is 0.0971. The molecular formula is C10H20N2O2. The lowest BCUT2D eigenvalue weighted by atomic mass is 10.1. The van der Waals surface area contributed by atoms with E-state index >= 15 is 0 Å². The van der Waals surface area contributed by atoms with Gasteiger partial charge in [0.15, 0.2) is 0 Å². The zero-order valence-corrected chi connectivity index (χ0v) is 8.78. The molecule has 1 rings (SSSR count). The van der Waals surface area contributed by atoms with E-state index in [0.29, 0.717) is 13.0 Å². The highest BCUT2D eigenvalue weighted by atomic mass is 16.3. The summed E-state index contributed by atoms with van der Waals surface area (Å²) in [6.07, 6.45) is 2.59. The zero-order chi connectivity index (χ0) is 10.6. The van der Waals surface area contributed by atoms with Crippen LogP contribution in [0.15, 0.2) is 0 Å². The van der Waals surface area contributed by atoms with Gasteiger partial charge in [0.25, 0.3) is 0 Å². The minimum Gasteiger partial charge on any atom is -0.391 e. The molecule has 0 bridgehead atoms. The van der Waals surface area contributed by atoms with Crippen molar-refractivity contribution in [3.8, 4) is 0 Å². The molecule has 0 radical (unpaired) electrons. The third-order valence-corrected chi connectivity index (χ3v) is 2.71. The van der Waals surface area contributed by atoms with Gasteiger partial charge in [0, 0.05) is 25.6 Å². The SMILES string of the molecule is CCC(N)CC(=O)N1CCCC(O)C1. The summed E-state index contributed by atoms with van der Waals surface area (Å²) in [4.78, 5) is 13.4. The molecule has 0 aliphatic carbocycles. The van der Waals surface area contributed by atoms with Gasteiger partial charge in [-0.15, -0.1) is 0 Å². The lowest BCUT2D eigenvalue weighted by Crippen LogP contribution is -2.43. The molecule has 2 atom stereocenters. The Hall–Kier alpha value is -0.610. The zero-order valence-electron chi connectivity index (χ0n) is 8.78. The van der Waals surface area contributed by atoms with Crippen molar-refractivity contribution in [2.75, 3.05) is 13.1 Å². The number of nitrogens with zero attached hydrogens (tertiary/aromatic N) is 1. The van der Waals surface area contributed by atoms with E-state index in [-0.39, 0.29) is 18.1 Å². The van der Waals surface area contributed by atoms with Gasteiger partial charge in [0.2, 0.25) is 5.91 Å². The van der Waals surface area contributed by atoms with Crippen molar-refractivity contribution < 1.29 is 9.90 Å². The fourth-order valence-electron chi connectivity index (χ4n) is 1.68. The molecule has 1 saturated heterocycles. The summed E-state index contributed by atoms with van der Waals surface area (Å²) in [6, 6.07) is -0.0402. The Morgan fingerprint density at radius 3 is 3.00 bits per heavy atom. The molecule has 0 aromatic carbocycles. The summed E-state index contributed by atoms with van der Waals surface area (Å²) in [7, 11) is 0. The second kappa shape index (κ2) is 5.32. The predicted molar refractivity (Wildman–Crippen MR) is 54.7 cm³/mol. The van der Waals surface area contributed by atoms with Crippen LogP contribution < -0.4 is 5.73 Å². The molecule has 14 heavy (non-hydrogen) atoms. The number of carbonyl (C=O) groups excluding carboxylic acids is 1. The van der Waals surface area contributed by atoms with Crippen molar-refractivity contribution in [2.24, 2.45) is 5.73 Å². The van der Waals surface area contributed by atoms with E-state index in [2.05, 4.69) is 0 Å². The number of carbonyl (C=O) groups is 1. The Morgan fingerprint density at radius 2 is 2.43 bits per heavy atom. The van der Waals surface area contributed by atoms with E-state index in [4.69, 9.17) is 5.73 Å². The molecule has 1 aliphatic rings. The normalized spacial score (nSPS) is 24.8. The molecule has 0 saturated carbocycles. The average Bonchev–Trinajstić information content (AvgIpc) is 2.17. The number of nitrogens with two attached hydrogens (primary N) is 1. The summed E-state index contributed by atoms with van der Waals surface area (Å²) in [5.74, 6) is 0.0816. The number of likely N-dealkylation sites (tertiary alicyclic amines) is 1. The molecule has 1 fully saturated rings. The van der Waals surface area contributed by atoms with E-state index in [1.165, 1.54) is 0 Å². The summed E-state index contributed by atoms with van der Waals surface area (Å²) in [5.41, 5.74) is 5.71. The van der Waals surface area contributed by atoms with Gasteiger partial charge in [-0.05, 0) is 19.3 Å². The van der Waals surface area contributed by atoms with Gasteiger partial charge >= 0.3 is 0 Å². The quantitative estimate of drug-likeness (QED) is 0.679. The molecule has 0 aromatic rings. The van der Waals surface area contributed by atoms with E-state index in [9.17, 15) is 9.90 Å². The smallest absolute Gasteiger partial charge is 0.224 e. The Balaban J connectivity index is 2.36.